The number of rotatable bonds is 5. The highest BCUT2D eigenvalue weighted by molar-refractivity contribution is 7.14. The third kappa shape index (κ3) is 4.15. The Kier molecular flexibility index (Phi) is 5.15. The maximum absolute atomic E-state index is 11.9. The molecule has 0 saturated carbocycles. The molecule has 3 aromatic rings. The predicted octanol–water partition coefficient (Wildman–Crippen LogP) is 3.06. The molecule has 3 rings (SSSR count). The zero-order chi connectivity index (χ0) is 16.8. The number of aliphatic hydroxyl groups is 1. The smallest absolute Gasteiger partial charge is 0.321 e. The summed E-state index contributed by atoms with van der Waals surface area (Å²) >= 11 is 1.34. The lowest BCUT2D eigenvalue weighted by molar-refractivity contribution is 0.175. The third-order valence-corrected chi connectivity index (χ3v) is 4.10. The van der Waals surface area contributed by atoms with Crippen LogP contribution < -0.4 is 10.6 Å². The molecule has 3 N–H and O–H groups in total. The van der Waals surface area contributed by atoms with Crippen molar-refractivity contribution in [2.24, 2.45) is 0 Å². The molecule has 2 aromatic heterocycles. The van der Waals surface area contributed by atoms with Crippen LogP contribution in [-0.4, -0.2) is 27.7 Å². The second-order valence-corrected chi connectivity index (χ2v) is 5.89. The molecule has 1 aromatic carbocycles. The van der Waals surface area contributed by atoms with Crippen molar-refractivity contribution in [3.63, 3.8) is 0 Å². The number of hydrogen-bond acceptors (Lipinski definition) is 5. The SMILES string of the molecule is O=C(NCC(O)c1ccccc1)Nc1nc(-c2ccncc2)cs1. The van der Waals surface area contributed by atoms with Crippen LogP contribution in [0.15, 0.2) is 60.2 Å². The third-order valence-electron chi connectivity index (χ3n) is 3.34. The highest BCUT2D eigenvalue weighted by Gasteiger charge is 2.11. The van der Waals surface area contributed by atoms with Gasteiger partial charge in [-0.1, -0.05) is 30.3 Å². The first-order valence-electron chi connectivity index (χ1n) is 7.36. The van der Waals surface area contributed by atoms with Crippen molar-refractivity contribution in [3.8, 4) is 11.3 Å². The molecule has 0 aliphatic heterocycles. The Hall–Kier alpha value is -2.77. The first kappa shape index (κ1) is 16.1. The van der Waals surface area contributed by atoms with Crippen LogP contribution in [0.1, 0.15) is 11.7 Å². The van der Waals surface area contributed by atoms with Gasteiger partial charge in [0.05, 0.1) is 11.8 Å². The lowest BCUT2D eigenvalue weighted by Crippen LogP contribution is -2.32. The highest BCUT2D eigenvalue weighted by atomic mass is 32.1. The Labute approximate surface area is 143 Å². The molecule has 0 radical (unpaired) electrons. The number of anilines is 1. The molecule has 2 heterocycles. The fourth-order valence-corrected chi connectivity index (χ4v) is 2.82. The summed E-state index contributed by atoms with van der Waals surface area (Å²) in [7, 11) is 0. The van der Waals surface area contributed by atoms with Gasteiger partial charge < -0.3 is 10.4 Å². The van der Waals surface area contributed by atoms with E-state index in [0.717, 1.165) is 16.8 Å². The number of carbonyl (C=O) groups is 1. The Balaban J connectivity index is 1.53. The number of amides is 2. The summed E-state index contributed by atoms with van der Waals surface area (Å²) in [6, 6.07) is 12.5. The van der Waals surface area contributed by atoms with Gasteiger partial charge in [-0.25, -0.2) is 9.78 Å². The van der Waals surface area contributed by atoms with E-state index < -0.39 is 12.1 Å². The van der Waals surface area contributed by atoms with Gasteiger partial charge in [0.25, 0.3) is 0 Å². The van der Waals surface area contributed by atoms with Crippen LogP contribution in [0.2, 0.25) is 0 Å². The number of hydrogen-bond donors (Lipinski definition) is 3. The Bertz CT molecular complexity index is 793. The number of benzene rings is 1. The summed E-state index contributed by atoms with van der Waals surface area (Å²) in [4.78, 5) is 20.2. The molecular weight excluding hydrogens is 324 g/mol. The summed E-state index contributed by atoms with van der Waals surface area (Å²) in [5, 5.41) is 17.7. The number of thiazole rings is 1. The van der Waals surface area contributed by atoms with Crippen molar-refractivity contribution >= 4 is 22.5 Å². The van der Waals surface area contributed by atoms with E-state index in [0.29, 0.717) is 5.13 Å². The number of aromatic nitrogens is 2. The number of urea groups is 1. The largest absolute Gasteiger partial charge is 0.387 e. The van der Waals surface area contributed by atoms with Crippen LogP contribution in [0.4, 0.5) is 9.93 Å². The summed E-state index contributed by atoms with van der Waals surface area (Å²) in [6.45, 7) is 0.123. The molecule has 6 nitrogen and oxygen atoms in total. The number of aliphatic hydroxyl groups excluding tert-OH is 1. The lowest BCUT2D eigenvalue weighted by atomic mass is 10.1. The predicted molar refractivity (Wildman–Crippen MR) is 93.8 cm³/mol. The van der Waals surface area contributed by atoms with E-state index in [9.17, 15) is 9.90 Å². The average molecular weight is 340 g/mol. The van der Waals surface area contributed by atoms with E-state index in [1.807, 2.05) is 47.8 Å². The van der Waals surface area contributed by atoms with Crippen molar-refractivity contribution in [2.75, 3.05) is 11.9 Å². The van der Waals surface area contributed by atoms with E-state index in [4.69, 9.17) is 0 Å². The van der Waals surface area contributed by atoms with Crippen molar-refractivity contribution in [1.29, 1.82) is 0 Å². The van der Waals surface area contributed by atoms with Crippen LogP contribution >= 0.6 is 11.3 Å². The van der Waals surface area contributed by atoms with E-state index >= 15 is 0 Å². The van der Waals surface area contributed by atoms with Crippen molar-refractivity contribution in [2.45, 2.75) is 6.10 Å². The molecule has 1 unspecified atom stereocenters. The highest BCUT2D eigenvalue weighted by Crippen LogP contribution is 2.24. The maximum Gasteiger partial charge on any atom is 0.321 e. The molecular formula is C17H16N4O2S. The molecule has 122 valence electrons. The van der Waals surface area contributed by atoms with Gasteiger partial charge in [-0.05, 0) is 17.7 Å². The summed E-state index contributed by atoms with van der Waals surface area (Å²) in [5.41, 5.74) is 2.48. The zero-order valence-electron chi connectivity index (χ0n) is 12.7. The molecule has 0 fully saturated rings. The van der Waals surface area contributed by atoms with Crippen LogP contribution in [0.5, 0.6) is 0 Å². The van der Waals surface area contributed by atoms with Crippen molar-refractivity contribution in [3.05, 3.63) is 65.8 Å². The van der Waals surface area contributed by atoms with Gasteiger partial charge in [0.2, 0.25) is 0 Å². The van der Waals surface area contributed by atoms with Crippen LogP contribution in [-0.2, 0) is 0 Å². The monoisotopic (exact) mass is 340 g/mol. The molecule has 0 spiro atoms. The van der Waals surface area contributed by atoms with Gasteiger partial charge in [0, 0.05) is 29.9 Å². The van der Waals surface area contributed by atoms with E-state index in [1.54, 1.807) is 12.4 Å². The number of pyridine rings is 1. The van der Waals surface area contributed by atoms with Gasteiger partial charge in [0.1, 0.15) is 0 Å². The molecule has 0 aliphatic carbocycles. The van der Waals surface area contributed by atoms with E-state index in [-0.39, 0.29) is 6.54 Å². The fourth-order valence-electron chi connectivity index (χ4n) is 2.11. The Morgan fingerprint density at radius 2 is 1.92 bits per heavy atom. The van der Waals surface area contributed by atoms with Crippen LogP contribution in [0.25, 0.3) is 11.3 Å². The minimum absolute atomic E-state index is 0.123. The maximum atomic E-state index is 11.9. The number of nitrogens with zero attached hydrogens (tertiary/aromatic N) is 2. The van der Waals surface area contributed by atoms with Gasteiger partial charge >= 0.3 is 6.03 Å². The lowest BCUT2D eigenvalue weighted by Gasteiger charge is -2.12. The van der Waals surface area contributed by atoms with Gasteiger partial charge in [0.15, 0.2) is 5.13 Å². The number of nitrogens with one attached hydrogen (secondary N) is 2. The van der Waals surface area contributed by atoms with Gasteiger partial charge in [-0.3, -0.25) is 10.3 Å². The standard InChI is InChI=1S/C17H16N4O2S/c22-15(13-4-2-1-3-5-13)10-19-16(23)21-17-20-14(11-24-17)12-6-8-18-9-7-12/h1-9,11,15,22H,10H2,(H2,19,20,21,23). The van der Waals surface area contributed by atoms with Crippen LogP contribution in [0, 0.1) is 0 Å². The second-order valence-electron chi connectivity index (χ2n) is 5.04. The quantitative estimate of drug-likeness (QED) is 0.666. The summed E-state index contributed by atoms with van der Waals surface area (Å²) < 4.78 is 0. The molecule has 24 heavy (non-hydrogen) atoms. The zero-order valence-corrected chi connectivity index (χ0v) is 13.5. The molecule has 2 amide bonds. The van der Waals surface area contributed by atoms with Crippen molar-refractivity contribution < 1.29 is 9.90 Å². The first-order valence-corrected chi connectivity index (χ1v) is 8.24. The van der Waals surface area contributed by atoms with E-state index in [1.165, 1.54) is 11.3 Å². The van der Waals surface area contributed by atoms with E-state index in [2.05, 4.69) is 20.6 Å². The molecule has 0 aliphatic rings. The molecule has 1 atom stereocenters. The molecule has 7 heteroatoms. The summed E-state index contributed by atoms with van der Waals surface area (Å²) in [6.07, 6.45) is 2.64. The molecule has 0 bridgehead atoms. The molecule has 0 saturated heterocycles. The minimum atomic E-state index is -0.749. The topological polar surface area (TPSA) is 87.1 Å². The Morgan fingerprint density at radius 3 is 2.67 bits per heavy atom. The fraction of sp³-hybridized carbons (Fsp3) is 0.118. The number of carbonyl (C=O) groups excluding carboxylic acids is 1. The van der Waals surface area contributed by atoms with Gasteiger partial charge in [-0.2, -0.15) is 0 Å². The summed E-state index contributed by atoms with van der Waals surface area (Å²) in [5.74, 6) is 0. The van der Waals surface area contributed by atoms with Crippen LogP contribution in [0.3, 0.4) is 0 Å². The normalized spacial score (nSPS) is 11.7. The second kappa shape index (κ2) is 7.67. The van der Waals surface area contributed by atoms with Gasteiger partial charge in [-0.15, -0.1) is 11.3 Å². The van der Waals surface area contributed by atoms with Crippen molar-refractivity contribution in [1.82, 2.24) is 15.3 Å². The minimum Gasteiger partial charge on any atom is -0.387 e. The first-order chi connectivity index (χ1) is 11.7. The Morgan fingerprint density at radius 1 is 1.17 bits per heavy atom. The average Bonchev–Trinajstić information content (AvgIpc) is 3.09.